The molecule has 6 heteroatoms. The van der Waals surface area contributed by atoms with Crippen molar-refractivity contribution in [2.45, 2.75) is 6.92 Å². The molecule has 0 atom stereocenters. The Bertz CT molecular complexity index is 669. The van der Waals surface area contributed by atoms with Gasteiger partial charge in [0, 0.05) is 27.0 Å². The molecule has 0 unspecified atom stereocenters. The molecular weight excluding hydrogens is 371 g/mol. The summed E-state index contributed by atoms with van der Waals surface area (Å²) in [6, 6.07) is 11.6. The van der Waals surface area contributed by atoms with Crippen LogP contribution in [0.1, 0.15) is 15.9 Å². The smallest absolute Gasteiger partial charge is 0.270 e. The molecule has 20 heavy (non-hydrogen) atoms. The van der Waals surface area contributed by atoms with Crippen LogP contribution in [-0.2, 0) is 0 Å². The third-order valence-corrected chi connectivity index (χ3v) is 3.50. The number of amides is 1. The van der Waals surface area contributed by atoms with Gasteiger partial charge < -0.3 is 5.32 Å². The van der Waals surface area contributed by atoms with Crippen LogP contribution in [-0.4, -0.2) is 10.8 Å². The maximum absolute atomic E-state index is 12.2. The Hall–Kier alpha value is -1.96. The molecule has 0 spiro atoms. The minimum Gasteiger partial charge on any atom is -0.322 e. The molecule has 0 fully saturated rings. The zero-order valence-corrected chi connectivity index (χ0v) is 12.7. The first kappa shape index (κ1) is 14.4. The first-order valence-electron chi connectivity index (χ1n) is 5.79. The van der Waals surface area contributed by atoms with Crippen LogP contribution in [0.5, 0.6) is 0 Å². The highest BCUT2D eigenvalue weighted by atomic mass is 127. The van der Waals surface area contributed by atoms with Crippen molar-refractivity contribution in [3.63, 3.8) is 0 Å². The third kappa shape index (κ3) is 3.32. The molecule has 2 rings (SSSR count). The lowest BCUT2D eigenvalue weighted by Gasteiger charge is -2.07. The number of rotatable bonds is 3. The minimum atomic E-state index is -0.513. The number of non-ortho nitro benzene ring substituents is 1. The van der Waals surface area contributed by atoms with Crippen LogP contribution >= 0.6 is 22.6 Å². The van der Waals surface area contributed by atoms with Crippen LogP contribution in [0, 0.1) is 20.6 Å². The van der Waals surface area contributed by atoms with Gasteiger partial charge in [0.2, 0.25) is 0 Å². The highest BCUT2D eigenvalue weighted by Crippen LogP contribution is 2.19. The van der Waals surface area contributed by atoms with Crippen LogP contribution in [0.4, 0.5) is 11.4 Å². The van der Waals surface area contributed by atoms with Crippen LogP contribution in [0.3, 0.4) is 0 Å². The van der Waals surface area contributed by atoms with Gasteiger partial charge in [-0.05, 0) is 59.3 Å². The number of anilines is 1. The monoisotopic (exact) mass is 382 g/mol. The van der Waals surface area contributed by atoms with E-state index in [4.69, 9.17) is 0 Å². The van der Waals surface area contributed by atoms with Crippen molar-refractivity contribution in [3.05, 3.63) is 67.3 Å². The molecule has 0 saturated carbocycles. The average molecular weight is 382 g/mol. The number of benzene rings is 2. The second-order valence-corrected chi connectivity index (χ2v) is 5.46. The van der Waals surface area contributed by atoms with E-state index in [2.05, 4.69) is 27.9 Å². The van der Waals surface area contributed by atoms with Crippen molar-refractivity contribution in [1.29, 1.82) is 0 Å². The molecule has 0 aliphatic carbocycles. The van der Waals surface area contributed by atoms with E-state index in [1.54, 1.807) is 25.1 Å². The van der Waals surface area contributed by atoms with Crippen molar-refractivity contribution >= 4 is 39.9 Å². The highest BCUT2D eigenvalue weighted by Gasteiger charge is 2.14. The number of hydrogen-bond donors (Lipinski definition) is 1. The van der Waals surface area contributed by atoms with Crippen molar-refractivity contribution in [2.24, 2.45) is 0 Å². The van der Waals surface area contributed by atoms with Gasteiger partial charge in [0.05, 0.1) is 4.92 Å². The van der Waals surface area contributed by atoms with Gasteiger partial charge in [-0.3, -0.25) is 14.9 Å². The summed E-state index contributed by atoms with van der Waals surface area (Å²) in [6.45, 7) is 1.74. The van der Waals surface area contributed by atoms with Crippen LogP contribution < -0.4 is 5.32 Å². The van der Waals surface area contributed by atoms with E-state index in [0.717, 1.165) is 3.57 Å². The fourth-order valence-corrected chi connectivity index (χ4v) is 2.06. The second kappa shape index (κ2) is 6.00. The number of carbonyl (C=O) groups excluding carboxylic acids is 1. The standard InChI is InChI=1S/C14H11IN2O3/c1-9-2-7-12(17(19)20)8-13(9)14(18)16-11-5-3-10(15)4-6-11/h2-8H,1H3,(H,16,18). The number of halogens is 1. The Labute approximate surface area is 129 Å². The molecular formula is C14H11IN2O3. The van der Waals surface area contributed by atoms with E-state index in [9.17, 15) is 14.9 Å². The average Bonchev–Trinajstić information content (AvgIpc) is 2.41. The molecule has 1 amide bonds. The van der Waals surface area contributed by atoms with E-state index >= 15 is 0 Å². The molecule has 2 aromatic carbocycles. The summed E-state index contributed by atoms with van der Waals surface area (Å²) < 4.78 is 1.06. The van der Waals surface area contributed by atoms with Gasteiger partial charge in [-0.25, -0.2) is 0 Å². The van der Waals surface area contributed by atoms with Gasteiger partial charge in [-0.2, -0.15) is 0 Å². The van der Waals surface area contributed by atoms with E-state index < -0.39 is 4.92 Å². The van der Waals surface area contributed by atoms with Gasteiger partial charge >= 0.3 is 0 Å². The second-order valence-electron chi connectivity index (χ2n) is 4.22. The number of hydrogen-bond acceptors (Lipinski definition) is 3. The molecule has 102 valence electrons. The molecule has 5 nitrogen and oxygen atoms in total. The Kier molecular flexibility index (Phi) is 4.33. The van der Waals surface area contributed by atoms with E-state index in [-0.39, 0.29) is 11.6 Å². The van der Waals surface area contributed by atoms with Gasteiger partial charge in [0.25, 0.3) is 11.6 Å². The first-order chi connectivity index (χ1) is 9.47. The molecule has 2 aromatic rings. The quantitative estimate of drug-likeness (QED) is 0.499. The molecule has 0 bridgehead atoms. The summed E-state index contributed by atoms with van der Waals surface area (Å²) >= 11 is 2.17. The van der Waals surface area contributed by atoms with Crippen molar-refractivity contribution < 1.29 is 9.72 Å². The zero-order chi connectivity index (χ0) is 14.7. The van der Waals surface area contributed by atoms with Crippen LogP contribution in [0.25, 0.3) is 0 Å². The van der Waals surface area contributed by atoms with E-state index in [1.165, 1.54) is 12.1 Å². The summed E-state index contributed by atoms with van der Waals surface area (Å²) in [5, 5.41) is 13.5. The fourth-order valence-electron chi connectivity index (χ4n) is 1.70. The molecule has 0 saturated heterocycles. The summed E-state index contributed by atoms with van der Waals surface area (Å²) in [5.41, 5.74) is 1.56. The van der Waals surface area contributed by atoms with Gasteiger partial charge in [0.15, 0.2) is 0 Å². The highest BCUT2D eigenvalue weighted by molar-refractivity contribution is 14.1. The summed E-state index contributed by atoms with van der Waals surface area (Å²) in [5.74, 6) is -0.354. The van der Waals surface area contributed by atoms with Crippen molar-refractivity contribution in [3.8, 4) is 0 Å². The molecule has 0 radical (unpaired) electrons. The Morgan fingerprint density at radius 3 is 2.45 bits per heavy atom. The number of nitrogens with zero attached hydrogens (tertiary/aromatic N) is 1. The molecule has 0 aliphatic rings. The topological polar surface area (TPSA) is 72.2 Å². The van der Waals surface area contributed by atoms with Crippen molar-refractivity contribution in [2.75, 3.05) is 5.32 Å². The zero-order valence-electron chi connectivity index (χ0n) is 10.6. The molecule has 0 heterocycles. The minimum absolute atomic E-state index is 0.0941. The Morgan fingerprint density at radius 2 is 1.85 bits per heavy atom. The predicted molar refractivity (Wildman–Crippen MR) is 84.9 cm³/mol. The fraction of sp³-hybridized carbons (Fsp3) is 0.0714. The van der Waals surface area contributed by atoms with E-state index in [0.29, 0.717) is 16.8 Å². The Balaban J connectivity index is 2.26. The predicted octanol–water partition coefficient (Wildman–Crippen LogP) is 3.76. The number of nitro groups is 1. The SMILES string of the molecule is Cc1ccc([N+](=O)[O-])cc1C(=O)Nc1ccc(I)cc1. The van der Waals surface area contributed by atoms with Crippen LogP contribution in [0.2, 0.25) is 0 Å². The number of nitrogens with one attached hydrogen (secondary N) is 1. The number of nitro benzene ring substituents is 1. The first-order valence-corrected chi connectivity index (χ1v) is 6.87. The summed E-state index contributed by atoms with van der Waals surface area (Å²) in [7, 11) is 0. The van der Waals surface area contributed by atoms with Gasteiger partial charge in [-0.15, -0.1) is 0 Å². The normalized spacial score (nSPS) is 10.1. The summed E-state index contributed by atoms with van der Waals surface area (Å²) in [4.78, 5) is 22.4. The lowest BCUT2D eigenvalue weighted by Crippen LogP contribution is -2.13. The molecule has 1 N–H and O–H groups in total. The van der Waals surface area contributed by atoms with Gasteiger partial charge in [-0.1, -0.05) is 6.07 Å². The third-order valence-electron chi connectivity index (χ3n) is 2.78. The number of carbonyl (C=O) groups is 1. The lowest BCUT2D eigenvalue weighted by atomic mass is 10.1. The largest absolute Gasteiger partial charge is 0.322 e. The van der Waals surface area contributed by atoms with Crippen LogP contribution in [0.15, 0.2) is 42.5 Å². The number of aryl methyl sites for hydroxylation is 1. The maximum Gasteiger partial charge on any atom is 0.270 e. The molecule has 0 aliphatic heterocycles. The van der Waals surface area contributed by atoms with Gasteiger partial charge in [0.1, 0.15) is 0 Å². The lowest BCUT2D eigenvalue weighted by molar-refractivity contribution is -0.384. The Morgan fingerprint density at radius 1 is 1.20 bits per heavy atom. The van der Waals surface area contributed by atoms with E-state index in [1.807, 2.05) is 12.1 Å². The molecule has 0 aromatic heterocycles. The maximum atomic E-state index is 12.2. The van der Waals surface area contributed by atoms with Crippen molar-refractivity contribution in [1.82, 2.24) is 0 Å². The summed E-state index contributed by atoms with van der Waals surface area (Å²) in [6.07, 6.45) is 0.